The van der Waals surface area contributed by atoms with Crippen LogP contribution < -0.4 is 11.1 Å². The van der Waals surface area contributed by atoms with Gasteiger partial charge >= 0.3 is 0 Å². The van der Waals surface area contributed by atoms with Crippen LogP contribution in [0.2, 0.25) is 0 Å². The molecule has 0 aliphatic heterocycles. The van der Waals surface area contributed by atoms with Gasteiger partial charge < -0.3 is 11.1 Å². The van der Waals surface area contributed by atoms with Gasteiger partial charge in [-0.15, -0.1) is 0 Å². The molecule has 0 heterocycles. The van der Waals surface area contributed by atoms with E-state index in [4.69, 9.17) is 5.73 Å². The lowest BCUT2D eigenvalue weighted by Crippen LogP contribution is -2.39. The molecule has 2 nitrogen and oxygen atoms in total. The van der Waals surface area contributed by atoms with Crippen LogP contribution in [0.5, 0.6) is 0 Å². The summed E-state index contributed by atoms with van der Waals surface area (Å²) in [5, 5.41) is 3.46. The maximum absolute atomic E-state index is 5.86. The van der Waals surface area contributed by atoms with Crippen LogP contribution in [0.25, 0.3) is 0 Å². The lowest BCUT2D eigenvalue weighted by atomic mass is 10.0. The van der Waals surface area contributed by atoms with E-state index in [-0.39, 0.29) is 5.54 Å². The zero-order valence-electron chi connectivity index (χ0n) is 9.15. The third-order valence-corrected chi connectivity index (χ3v) is 2.24. The maximum Gasteiger partial charge on any atom is 0.0109 e. The molecular weight excluding hydrogens is 148 g/mol. The van der Waals surface area contributed by atoms with Gasteiger partial charge in [-0.05, 0) is 39.7 Å². The van der Waals surface area contributed by atoms with Crippen LogP contribution >= 0.6 is 0 Å². The second kappa shape index (κ2) is 4.83. The Bertz CT molecular complexity index is 113. The normalized spacial score (nSPS) is 15.2. The zero-order chi connectivity index (χ0) is 9.78. The topological polar surface area (TPSA) is 38.0 Å². The van der Waals surface area contributed by atoms with Crippen LogP contribution in [0.3, 0.4) is 0 Å². The van der Waals surface area contributed by atoms with Gasteiger partial charge in [-0.2, -0.15) is 0 Å². The molecule has 0 bridgehead atoms. The summed E-state index contributed by atoms with van der Waals surface area (Å²) in [7, 11) is 0. The fourth-order valence-electron chi connectivity index (χ4n) is 0.858. The second-order valence-corrected chi connectivity index (χ2v) is 4.73. The number of rotatable bonds is 5. The molecule has 0 amide bonds. The molecule has 0 saturated heterocycles. The van der Waals surface area contributed by atoms with Crippen LogP contribution in [0, 0.1) is 5.92 Å². The summed E-state index contributed by atoms with van der Waals surface area (Å²) < 4.78 is 0. The Labute approximate surface area is 76.9 Å². The molecule has 0 aliphatic carbocycles. The molecule has 0 spiro atoms. The molecule has 0 unspecified atom stereocenters. The van der Waals surface area contributed by atoms with Crippen LogP contribution in [-0.4, -0.2) is 18.1 Å². The summed E-state index contributed by atoms with van der Waals surface area (Å²) in [4.78, 5) is 0. The van der Waals surface area contributed by atoms with Gasteiger partial charge in [0.05, 0.1) is 0 Å². The van der Waals surface area contributed by atoms with E-state index in [1.807, 2.05) is 0 Å². The van der Waals surface area contributed by atoms with Crippen molar-refractivity contribution in [3.05, 3.63) is 0 Å². The maximum atomic E-state index is 5.86. The van der Waals surface area contributed by atoms with E-state index in [1.165, 1.54) is 0 Å². The lowest BCUT2D eigenvalue weighted by molar-refractivity contribution is 0.387. The average Bonchev–Trinajstić information content (AvgIpc) is 1.84. The van der Waals surface area contributed by atoms with E-state index >= 15 is 0 Å². The Morgan fingerprint density at radius 1 is 1.25 bits per heavy atom. The fraction of sp³-hybridized carbons (Fsp3) is 1.00. The Morgan fingerprint density at radius 2 is 1.75 bits per heavy atom. The second-order valence-electron chi connectivity index (χ2n) is 4.73. The van der Waals surface area contributed by atoms with E-state index in [0.29, 0.717) is 12.0 Å². The zero-order valence-corrected chi connectivity index (χ0v) is 9.15. The smallest absolute Gasteiger partial charge is 0.0109 e. The van der Waals surface area contributed by atoms with Crippen molar-refractivity contribution >= 4 is 0 Å². The Kier molecular flexibility index (Phi) is 4.80. The first kappa shape index (κ1) is 11.9. The highest BCUT2D eigenvalue weighted by Crippen LogP contribution is 2.04. The Morgan fingerprint density at radius 3 is 2.08 bits per heavy atom. The van der Waals surface area contributed by atoms with Crippen molar-refractivity contribution < 1.29 is 0 Å². The van der Waals surface area contributed by atoms with Crippen molar-refractivity contribution in [3.63, 3.8) is 0 Å². The molecule has 0 fully saturated rings. The molecule has 2 heteroatoms. The number of nitrogens with two attached hydrogens (primary N) is 1. The third kappa shape index (κ3) is 6.62. The Balaban J connectivity index is 3.44. The quantitative estimate of drug-likeness (QED) is 0.663. The molecule has 1 atom stereocenters. The molecule has 0 aromatic rings. The van der Waals surface area contributed by atoms with E-state index in [1.54, 1.807) is 0 Å². The van der Waals surface area contributed by atoms with Crippen molar-refractivity contribution in [1.82, 2.24) is 5.32 Å². The highest BCUT2D eigenvalue weighted by atomic mass is 14.9. The first-order chi connectivity index (χ1) is 5.33. The van der Waals surface area contributed by atoms with Crippen LogP contribution in [-0.2, 0) is 0 Å². The monoisotopic (exact) mass is 172 g/mol. The standard InChI is InChI=1S/C10H24N2/c1-8(2)9(3)12-7-6-10(4,5)11/h8-9,12H,6-7,11H2,1-5H3/t9-/m0/s1. The summed E-state index contributed by atoms with van der Waals surface area (Å²) in [6.07, 6.45) is 1.03. The van der Waals surface area contributed by atoms with Gasteiger partial charge in [0.15, 0.2) is 0 Å². The van der Waals surface area contributed by atoms with Crippen LogP contribution in [0.4, 0.5) is 0 Å². The van der Waals surface area contributed by atoms with Crippen molar-refractivity contribution in [2.75, 3.05) is 6.54 Å². The van der Waals surface area contributed by atoms with Gasteiger partial charge in [-0.25, -0.2) is 0 Å². The van der Waals surface area contributed by atoms with Crippen molar-refractivity contribution in [3.8, 4) is 0 Å². The summed E-state index contributed by atoms with van der Waals surface area (Å²) in [5.74, 6) is 0.700. The van der Waals surface area contributed by atoms with E-state index < -0.39 is 0 Å². The first-order valence-corrected chi connectivity index (χ1v) is 4.85. The minimum absolute atomic E-state index is 0.0380. The SMILES string of the molecule is CC(C)[C@H](C)NCCC(C)(C)N. The van der Waals surface area contributed by atoms with E-state index in [2.05, 4.69) is 39.9 Å². The number of nitrogens with one attached hydrogen (secondary N) is 1. The molecule has 0 aromatic heterocycles. The minimum Gasteiger partial charge on any atom is -0.326 e. The van der Waals surface area contributed by atoms with Gasteiger partial charge in [-0.3, -0.25) is 0 Å². The van der Waals surface area contributed by atoms with Crippen molar-refractivity contribution in [1.29, 1.82) is 0 Å². The molecule has 0 aliphatic rings. The van der Waals surface area contributed by atoms with Gasteiger partial charge in [0.25, 0.3) is 0 Å². The molecule has 3 N–H and O–H groups in total. The highest BCUT2D eigenvalue weighted by molar-refractivity contribution is 4.74. The molecule has 0 aromatic carbocycles. The van der Waals surface area contributed by atoms with Crippen LogP contribution in [0.1, 0.15) is 41.0 Å². The van der Waals surface area contributed by atoms with Gasteiger partial charge in [0.1, 0.15) is 0 Å². The lowest BCUT2D eigenvalue weighted by Gasteiger charge is -2.22. The molecule has 0 radical (unpaired) electrons. The highest BCUT2D eigenvalue weighted by Gasteiger charge is 2.11. The van der Waals surface area contributed by atoms with Gasteiger partial charge in [0, 0.05) is 11.6 Å². The van der Waals surface area contributed by atoms with Crippen molar-refractivity contribution in [2.24, 2.45) is 11.7 Å². The average molecular weight is 172 g/mol. The van der Waals surface area contributed by atoms with E-state index in [9.17, 15) is 0 Å². The summed E-state index contributed by atoms with van der Waals surface area (Å²) in [5.41, 5.74) is 5.82. The van der Waals surface area contributed by atoms with Gasteiger partial charge in [-0.1, -0.05) is 13.8 Å². The molecule has 74 valence electrons. The predicted molar refractivity (Wildman–Crippen MR) is 55.2 cm³/mol. The Hall–Kier alpha value is -0.0800. The molecule has 0 saturated carbocycles. The molecular formula is C10H24N2. The summed E-state index contributed by atoms with van der Waals surface area (Å²) >= 11 is 0. The summed E-state index contributed by atoms with van der Waals surface area (Å²) in [6.45, 7) is 11.8. The minimum atomic E-state index is -0.0380. The number of hydrogen-bond donors (Lipinski definition) is 2. The molecule has 0 rings (SSSR count). The predicted octanol–water partition coefficient (Wildman–Crippen LogP) is 1.75. The summed E-state index contributed by atoms with van der Waals surface area (Å²) in [6, 6.07) is 0.590. The van der Waals surface area contributed by atoms with Gasteiger partial charge in [0.2, 0.25) is 0 Å². The first-order valence-electron chi connectivity index (χ1n) is 4.85. The fourth-order valence-corrected chi connectivity index (χ4v) is 0.858. The third-order valence-electron chi connectivity index (χ3n) is 2.24. The van der Waals surface area contributed by atoms with Crippen LogP contribution in [0.15, 0.2) is 0 Å². The van der Waals surface area contributed by atoms with E-state index in [0.717, 1.165) is 13.0 Å². The largest absolute Gasteiger partial charge is 0.326 e. The number of hydrogen-bond acceptors (Lipinski definition) is 2. The van der Waals surface area contributed by atoms with Crippen molar-refractivity contribution in [2.45, 2.75) is 52.6 Å². The molecule has 12 heavy (non-hydrogen) atoms.